The van der Waals surface area contributed by atoms with Gasteiger partial charge in [0.15, 0.2) is 0 Å². The van der Waals surface area contributed by atoms with Gasteiger partial charge in [0.2, 0.25) is 5.95 Å². The number of hydrogen-bond donors (Lipinski definition) is 2. The third kappa shape index (κ3) is 2.45. The molecule has 0 bridgehead atoms. The molecule has 108 valence electrons. The molecule has 3 rings (SSSR count). The number of nitrogens with one attached hydrogen (secondary N) is 1. The van der Waals surface area contributed by atoms with E-state index in [1.54, 1.807) is 11.3 Å². The summed E-state index contributed by atoms with van der Waals surface area (Å²) in [7, 11) is 1.85. The molecule has 0 spiro atoms. The van der Waals surface area contributed by atoms with Gasteiger partial charge in [0, 0.05) is 20.1 Å². The predicted octanol–water partition coefficient (Wildman–Crippen LogP) is 2.33. The van der Waals surface area contributed by atoms with Crippen molar-refractivity contribution in [2.24, 2.45) is 5.92 Å². The summed E-state index contributed by atoms with van der Waals surface area (Å²) in [6.07, 6.45) is 1.82. The molecule has 1 unspecified atom stereocenters. The molecular formula is C14H20N4OS. The van der Waals surface area contributed by atoms with E-state index in [0.717, 1.165) is 42.0 Å². The van der Waals surface area contributed by atoms with Crippen LogP contribution in [0.5, 0.6) is 0 Å². The molecule has 6 heteroatoms. The summed E-state index contributed by atoms with van der Waals surface area (Å²) in [5.74, 6) is 2.10. The Hall–Kier alpha value is -1.40. The van der Waals surface area contributed by atoms with E-state index < -0.39 is 0 Å². The van der Waals surface area contributed by atoms with Gasteiger partial charge in [-0.1, -0.05) is 0 Å². The van der Waals surface area contributed by atoms with E-state index in [2.05, 4.69) is 31.6 Å². The molecule has 0 aliphatic carbocycles. The number of aliphatic hydroxyl groups is 1. The number of fused-ring (bicyclic) bond motifs is 1. The molecule has 0 radical (unpaired) electrons. The summed E-state index contributed by atoms with van der Waals surface area (Å²) < 4.78 is 0. The van der Waals surface area contributed by atoms with Gasteiger partial charge in [-0.3, -0.25) is 0 Å². The van der Waals surface area contributed by atoms with Crippen LogP contribution in [-0.4, -0.2) is 41.3 Å². The van der Waals surface area contributed by atoms with Crippen LogP contribution in [0.1, 0.15) is 19.8 Å². The van der Waals surface area contributed by atoms with E-state index in [-0.39, 0.29) is 6.10 Å². The first-order chi connectivity index (χ1) is 9.69. The molecule has 2 aromatic rings. The maximum Gasteiger partial charge on any atom is 0.225 e. The van der Waals surface area contributed by atoms with Gasteiger partial charge in [-0.05, 0) is 37.1 Å². The SMILES string of the molecule is CNc1nc(N2CCC(C(C)O)CC2)c2ccsc2n1. The fourth-order valence-corrected chi connectivity index (χ4v) is 3.54. The van der Waals surface area contributed by atoms with Gasteiger partial charge in [-0.2, -0.15) is 4.98 Å². The monoisotopic (exact) mass is 292 g/mol. The van der Waals surface area contributed by atoms with Crippen LogP contribution in [0.15, 0.2) is 11.4 Å². The van der Waals surface area contributed by atoms with Gasteiger partial charge in [-0.25, -0.2) is 4.98 Å². The summed E-state index contributed by atoms with van der Waals surface area (Å²) in [5.41, 5.74) is 0. The summed E-state index contributed by atoms with van der Waals surface area (Å²) in [6.45, 7) is 3.78. The van der Waals surface area contributed by atoms with Crippen molar-refractivity contribution in [3.63, 3.8) is 0 Å². The van der Waals surface area contributed by atoms with Crippen LogP contribution in [0.2, 0.25) is 0 Å². The van der Waals surface area contributed by atoms with Crippen LogP contribution in [-0.2, 0) is 0 Å². The van der Waals surface area contributed by atoms with Crippen LogP contribution in [0.25, 0.3) is 10.2 Å². The smallest absolute Gasteiger partial charge is 0.225 e. The van der Waals surface area contributed by atoms with Crippen LogP contribution in [0.4, 0.5) is 11.8 Å². The zero-order valence-electron chi connectivity index (χ0n) is 11.8. The average molecular weight is 292 g/mol. The number of anilines is 2. The van der Waals surface area contributed by atoms with E-state index in [0.29, 0.717) is 11.9 Å². The average Bonchev–Trinajstić information content (AvgIpc) is 2.94. The Kier molecular flexibility index (Phi) is 3.76. The van der Waals surface area contributed by atoms with Crippen LogP contribution >= 0.6 is 11.3 Å². The van der Waals surface area contributed by atoms with Crippen molar-refractivity contribution in [2.45, 2.75) is 25.9 Å². The normalized spacial score (nSPS) is 18.4. The number of thiophene rings is 1. The zero-order chi connectivity index (χ0) is 14.1. The van der Waals surface area contributed by atoms with Crippen molar-refractivity contribution in [3.05, 3.63) is 11.4 Å². The number of aromatic nitrogens is 2. The third-order valence-electron chi connectivity index (χ3n) is 4.05. The lowest BCUT2D eigenvalue weighted by molar-refractivity contribution is 0.110. The highest BCUT2D eigenvalue weighted by Gasteiger charge is 2.25. The van der Waals surface area contributed by atoms with Crippen molar-refractivity contribution >= 4 is 33.3 Å². The largest absolute Gasteiger partial charge is 0.393 e. The van der Waals surface area contributed by atoms with Crippen molar-refractivity contribution in [2.75, 3.05) is 30.4 Å². The van der Waals surface area contributed by atoms with Crippen molar-refractivity contribution in [1.82, 2.24) is 9.97 Å². The Morgan fingerprint density at radius 3 is 2.80 bits per heavy atom. The molecule has 1 saturated heterocycles. The Labute approximate surface area is 122 Å². The van der Waals surface area contributed by atoms with Crippen LogP contribution in [0, 0.1) is 5.92 Å². The fraction of sp³-hybridized carbons (Fsp3) is 0.571. The van der Waals surface area contributed by atoms with E-state index >= 15 is 0 Å². The van der Waals surface area contributed by atoms with E-state index in [1.165, 1.54) is 0 Å². The molecule has 0 amide bonds. The molecule has 1 aliphatic rings. The highest BCUT2D eigenvalue weighted by atomic mass is 32.1. The number of hydrogen-bond acceptors (Lipinski definition) is 6. The summed E-state index contributed by atoms with van der Waals surface area (Å²) >= 11 is 1.64. The molecule has 1 aliphatic heterocycles. The molecule has 0 saturated carbocycles. The number of nitrogens with zero attached hydrogens (tertiary/aromatic N) is 3. The van der Waals surface area contributed by atoms with Gasteiger partial charge in [0.05, 0.1) is 11.5 Å². The Balaban J connectivity index is 1.88. The van der Waals surface area contributed by atoms with Gasteiger partial charge in [-0.15, -0.1) is 11.3 Å². The molecule has 2 aromatic heterocycles. The molecule has 5 nitrogen and oxygen atoms in total. The quantitative estimate of drug-likeness (QED) is 0.909. The first-order valence-electron chi connectivity index (χ1n) is 7.05. The molecular weight excluding hydrogens is 272 g/mol. The lowest BCUT2D eigenvalue weighted by atomic mass is 9.92. The van der Waals surface area contributed by atoms with Gasteiger partial charge in [0.25, 0.3) is 0 Å². The summed E-state index contributed by atoms with van der Waals surface area (Å²) in [6, 6.07) is 2.09. The summed E-state index contributed by atoms with van der Waals surface area (Å²) in [4.78, 5) is 12.5. The topological polar surface area (TPSA) is 61.3 Å². The number of piperidine rings is 1. The fourth-order valence-electron chi connectivity index (χ4n) is 2.79. The minimum absolute atomic E-state index is 0.211. The molecule has 1 fully saturated rings. The maximum atomic E-state index is 9.70. The second-order valence-electron chi connectivity index (χ2n) is 5.33. The molecule has 1 atom stereocenters. The zero-order valence-corrected chi connectivity index (χ0v) is 12.7. The molecule has 20 heavy (non-hydrogen) atoms. The molecule has 3 heterocycles. The summed E-state index contributed by atoms with van der Waals surface area (Å²) in [5, 5.41) is 15.9. The highest BCUT2D eigenvalue weighted by molar-refractivity contribution is 7.16. The number of rotatable bonds is 3. The Morgan fingerprint density at radius 1 is 1.40 bits per heavy atom. The van der Waals surface area contributed by atoms with Gasteiger partial charge < -0.3 is 15.3 Å². The first kappa shape index (κ1) is 13.6. The van der Waals surface area contributed by atoms with Gasteiger partial charge >= 0.3 is 0 Å². The van der Waals surface area contributed by atoms with Gasteiger partial charge in [0.1, 0.15) is 10.6 Å². The standard InChI is InChI=1S/C14H20N4OS/c1-9(19)10-3-6-18(7-4-10)12-11-5-8-20-13(11)17-14(15-2)16-12/h5,8-10,19H,3-4,6-7H2,1-2H3,(H,15,16,17). The number of aliphatic hydroxyl groups excluding tert-OH is 1. The second kappa shape index (κ2) is 5.54. The first-order valence-corrected chi connectivity index (χ1v) is 7.93. The van der Waals surface area contributed by atoms with Crippen LogP contribution in [0.3, 0.4) is 0 Å². The van der Waals surface area contributed by atoms with Crippen LogP contribution < -0.4 is 10.2 Å². The second-order valence-corrected chi connectivity index (χ2v) is 6.22. The Bertz CT molecular complexity index is 590. The minimum atomic E-state index is -0.211. The Morgan fingerprint density at radius 2 is 2.15 bits per heavy atom. The van der Waals surface area contributed by atoms with E-state index in [1.807, 2.05) is 14.0 Å². The minimum Gasteiger partial charge on any atom is -0.393 e. The molecule has 0 aromatic carbocycles. The lowest BCUT2D eigenvalue weighted by Crippen LogP contribution is -2.37. The predicted molar refractivity (Wildman–Crippen MR) is 83.6 cm³/mol. The van der Waals surface area contributed by atoms with Crippen molar-refractivity contribution in [1.29, 1.82) is 0 Å². The van der Waals surface area contributed by atoms with E-state index in [9.17, 15) is 5.11 Å². The third-order valence-corrected chi connectivity index (χ3v) is 4.86. The lowest BCUT2D eigenvalue weighted by Gasteiger charge is -2.34. The highest BCUT2D eigenvalue weighted by Crippen LogP contribution is 2.32. The van der Waals surface area contributed by atoms with Crippen molar-refractivity contribution in [3.8, 4) is 0 Å². The molecule has 2 N–H and O–H groups in total. The van der Waals surface area contributed by atoms with E-state index in [4.69, 9.17) is 0 Å². The van der Waals surface area contributed by atoms with Crippen molar-refractivity contribution < 1.29 is 5.11 Å². The maximum absolute atomic E-state index is 9.70.